The number of rotatable bonds is 6. The van der Waals surface area contributed by atoms with Crippen LogP contribution in [-0.4, -0.2) is 52.6 Å². The van der Waals surface area contributed by atoms with Crippen LogP contribution in [0.25, 0.3) is 0 Å². The van der Waals surface area contributed by atoms with E-state index in [1.165, 1.54) is 5.69 Å². The van der Waals surface area contributed by atoms with E-state index in [-0.39, 0.29) is 17.6 Å². The summed E-state index contributed by atoms with van der Waals surface area (Å²) in [6.07, 6.45) is 7.99. The van der Waals surface area contributed by atoms with Gasteiger partial charge in [0.05, 0.1) is 24.4 Å². The predicted octanol–water partition coefficient (Wildman–Crippen LogP) is 4.30. The minimum atomic E-state index is -0.415. The molecule has 172 valence electrons. The van der Waals surface area contributed by atoms with Gasteiger partial charge in [-0.05, 0) is 76.6 Å². The zero-order valence-electron chi connectivity index (χ0n) is 19.1. The van der Waals surface area contributed by atoms with Crippen molar-refractivity contribution >= 4 is 17.3 Å². The summed E-state index contributed by atoms with van der Waals surface area (Å²) in [5.74, 6) is 1.12. The molecule has 7 heteroatoms. The van der Waals surface area contributed by atoms with Gasteiger partial charge in [0, 0.05) is 42.1 Å². The molecule has 2 atom stereocenters. The van der Waals surface area contributed by atoms with Crippen LogP contribution in [0.4, 0.5) is 17.3 Å². The van der Waals surface area contributed by atoms with E-state index in [4.69, 9.17) is 9.47 Å². The molecule has 0 radical (unpaired) electrons. The van der Waals surface area contributed by atoms with Crippen LogP contribution < -0.4 is 15.0 Å². The molecule has 1 saturated heterocycles. The first-order valence-corrected chi connectivity index (χ1v) is 11.9. The first-order chi connectivity index (χ1) is 15.4. The quantitative estimate of drug-likeness (QED) is 0.696. The number of nitrogens with one attached hydrogen (secondary N) is 1. The molecule has 0 amide bonds. The summed E-state index contributed by atoms with van der Waals surface area (Å²) in [6.45, 7) is 6.70. The maximum absolute atomic E-state index is 10.4. The Hall–Kier alpha value is -2.38. The molecule has 2 N–H and O–H groups in total. The van der Waals surface area contributed by atoms with E-state index in [0.717, 1.165) is 57.3 Å². The van der Waals surface area contributed by atoms with E-state index in [0.29, 0.717) is 18.4 Å². The second kappa shape index (κ2) is 8.52. The van der Waals surface area contributed by atoms with Gasteiger partial charge in [-0.25, -0.2) is 4.98 Å². The minimum Gasteiger partial charge on any atom is -0.477 e. The van der Waals surface area contributed by atoms with Crippen molar-refractivity contribution in [2.75, 3.05) is 29.9 Å². The van der Waals surface area contributed by atoms with Crippen molar-refractivity contribution in [3.63, 3.8) is 0 Å². The van der Waals surface area contributed by atoms with Gasteiger partial charge in [0.1, 0.15) is 0 Å². The first-order valence-electron chi connectivity index (χ1n) is 11.9. The van der Waals surface area contributed by atoms with Crippen LogP contribution in [0.3, 0.4) is 0 Å². The molecular weight excluding hydrogens is 404 g/mol. The van der Waals surface area contributed by atoms with Crippen LogP contribution in [0, 0.1) is 5.41 Å². The van der Waals surface area contributed by atoms with Crippen LogP contribution in [0.1, 0.15) is 52.4 Å². The van der Waals surface area contributed by atoms with Crippen molar-refractivity contribution in [2.45, 2.75) is 70.2 Å². The number of morpholine rings is 1. The number of aromatic nitrogens is 2. The van der Waals surface area contributed by atoms with Crippen molar-refractivity contribution in [1.29, 1.82) is 0 Å². The van der Waals surface area contributed by atoms with E-state index >= 15 is 0 Å². The number of anilines is 3. The number of fused-ring (bicyclic) bond motifs is 3. The highest BCUT2D eigenvalue weighted by molar-refractivity contribution is 5.59. The van der Waals surface area contributed by atoms with Crippen molar-refractivity contribution in [3.8, 4) is 5.88 Å². The maximum atomic E-state index is 10.4. The second-order valence-corrected chi connectivity index (χ2v) is 10.1. The molecule has 0 unspecified atom stereocenters. The van der Waals surface area contributed by atoms with E-state index in [9.17, 15) is 5.11 Å². The van der Waals surface area contributed by atoms with Crippen LogP contribution >= 0.6 is 0 Å². The summed E-state index contributed by atoms with van der Waals surface area (Å²) in [4.78, 5) is 11.3. The molecule has 1 aromatic carbocycles. The highest BCUT2D eigenvalue weighted by Gasteiger charge is 2.48. The van der Waals surface area contributed by atoms with Gasteiger partial charge >= 0.3 is 0 Å². The van der Waals surface area contributed by atoms with Crippen LogP contribution in [-0.2, 0) is 4.74 Å². The van der Waals surface area contributed by atoms with Crippen LogP contribution in [0.15, 0.2) is 36.5 Å². The summed E-state index contributed by atoms with van der Waals surface area (Å²) in [6, 6.07) is 10.2. The van der Waals surface area contributed by atoms with E-state index in [1.54, 1.807) is 6.20 Å². The molecule has 3 saturated carbocycles. The monoisotopic (exact) mass is 438 g/mol. The fourth-order valence-electron chi connectivity index (χ4n) is 5.44. The van der Waals surface area contributed by atoms with Gasteiger partial charge in [0.25, 0.3) is 0 Å². The van der Waals surface area contributed by atoms with Crippen molar-refractivity contribution in [1.82, 2.24) is 9.97 Å². The molecule has 1 aliphatic heterocycles. The number of benzene rings is 1. The fraction of sp³-hybridized carbons (Fsp3) is 0.600. The molecule has 32 heavy (non-hydrogen) atoms. The summed E-state index contributed by atoms with van der Waals surface area (Å²) in [7, 11) is 0. The van der Waals surface area contributed by atoms with Crippen molar-refractivity contribution in [3.05, 3.63) is 36.5 Å². The van der Waals surface area contributed by atoms with E-state index in [1.807, 2.05) is 6.07 Å². The predicted molar refractivity (Wildman–Crippen MR) is 125 cm³/mol. The molecule has 6 rings (SSSR count). The molecule has 2 heterocycles. The molecule has 7 nitrogen and oxygen atoms in total. The minimum absolute atomic E-state index is 0.188. The van der Waals surface area contributed by atoms with Crippen molar-refractivity contribution in [2.24, 2.45) is 5.41 Å². The highest BCUT2D eigenvalue weighted by Crippen LogP contribution is 2.52. The molecule has 4 fully saturated rings. The van der Waals surface area contributed by atoms with Crippen LogP contribution in [0.2, 0.25) is 0 Å². The standard InChI is InChI=1S/C25H34N4O3/c1-18-15-29(16-19(2)32-18)21-5-3-20(4-6-21)27-23-26-14-7-22(28-23)31-17-24-8-11-25(30,12-9-24)13-10-24/h3-7,14,18-19,30H,8-13,15-17H2,1-2H3,(H,26,27,28)/t18-,19+,24?,25?. The molecule has 1 aromatic heterocycles. The number of hydrogen-bond donors (Lipinski definition) is 2. The zero-order valence-corrected chi connectivity index (χ0v) is 19.1. The molecule has 3 aliphatic carbocycles. The van der Waals surface area contributed by atoms with Crippen LogP contribution in [0.5, 0.6) is 5.88 Å². The van der Waals surface area contributed by atoms with Gasteiger partial charge in [-0.1, -0.05) is 0 Å². The zero-order chi connectivity index (χ0) is 22.2. The summed E-state index contributed by atoms with van der Waals surface area (Å²) in [5.41, 5.74) is 1.91. The number of nitrogens with zero attached hydrogens (tertiary/aromatic N) is 3. The Morgan fingerprint density at radius 1 is 1.03 bits per heavy atom. The number of aliphatic hydroxyl groups is 1. The lowest BCUT2D eigenvalue weighted by Crippen LogP contribution is -2.48. The smallest absolute Gasteiger partial charge is 0.230 e. The topological polar surface area (TPSA) is 79.7 Å². The Kier molecular flexibility index (Phi) is 5.72. The van der Waals surface area contributed by atoms with Gasteiger partial charge in [0.15, 0.2) is 0 Å². The SMILES string of the molecule is C[C@@H]1CN(c2ccc(Nc3nccc(OCC45CCC(O)(CC4)CC5)n3)cc2)C[C@H](C)O1. The lowest BCUT2D eigenvalue weighted by molar-refractivity contribution is -0.104. The molecule has 0 spiro atoms. The first kappa shape index (κ1) is 21.5. The lowest BCUT2D eigenvalue weighted by atomic mass is 9.59. The van der Waals surface area contributed by atoms with Gasteiger partial charge < -0.3 is 24.8 Å². The Morgan fingerprint density at radius 3 is 2.34 bits per heavy atom. The molecular formula is C25H34N4O3. The summed E-state index contributed by atoms with van der Waals surface area (Å²) in [5, 5.41) is 13.7. The molecule has 2 aromatic rings. The van der Waals surface area contributed by atoms with Gasteiger partial charge in [0.2, 0.25) is 11.8 Å². The van der Waals surface area contributed by atoms with Crippen molar-refractivity contribution < 1.29 is 14.6 Å². The van der Waals surface area contributed by atoms with Gasteiger partial charge in [-0.2, -0.15) is 4.98 Å². The Bertz CT molecular complexity index is 901. The fourth-order valence-corrected chi connectivity index (χ4v) is 5.44. The molecule has 4 aliphatic rings. The summed E-state index contributed by atoms with van der Waals surface area (Å²) < 4.78 is 11.9. The maximum Gasteiger partial charge on any atom is 0.230 e. The van der Waals surface area contributed by atoms with Gasteiger partial charge in [-0.3, -0.25) is 0 Å². The van der Waals surface area contributed by atoms with E-state index < -0.39 is 5.60 Å². The lowest BCUT2D eigenvalue weighted by Gasteiger charge is -2.50. The average Bonchev–Trinajstić information content (AvgIpc) is 2.79. The normalized spacial score (nSPS) is 32.0. The molecule has 2 bridgehead atoms. The average molecular weight is 439 g/mol. The number of hydrogen-bond acceptors (Lipinski definition) is 7. The summed E-state index contributed by atoms with van der Waals surface area (Å²) >= 11 is 0. The highest BCUT2D eigenvalue weighted by atomic mass is 16.5. The third-order valence-electron chi connectivity index (χ3n) is 7.43. The van der Waals surface area contributed by atoms with E-state index in [2.05, 4.69) is 58.3 Å². The Morgan fingerprint density at radius 2 is 1.69 bits per heavy atom. The third kappa shape index (κ3) is 4.69. The third-order valence-corrected chi connectivity index (χ3v) is 7.43. The number of ether oxygens (including phenoxy) is 2. The largest absolute Gasteiger partial charge is 0.477 e. The Balaban J connectivity index is 1.19. The second-order valence-electron chi connectivity index (χ2n) is 10.1. The Labute approximate surface area is 190 Å². The van der Waals surface area contributed by atoms with Gasteiger partial charge in [-0.15, -0.1) is 0 Å².